The summed E-state index contributed by atoms with van der Waals surface area (Å²) in [5, 5.41) is 0.245. The molecule has 0 spiro atoms. The fourth-order valence-electron chi connectivity index (χ4n) is 2.63. The Hall–Kier alpha value is -1.83. The fourth-order valence-corrected chi connectivity index (χ4v) is 3.74. The number of nitrogens with one attached hydrogen (secondary N) is 1. The normalized spacial score (nSPS) is 12.8. The zero-order chi connectivity index (χ0) is 19.3. The van der Waals surface area contributed by atoms with Crippen LogP contribution < -0.4 is 14.2 Å². The van der Waals surface area contributed by atoms with Crippen LogP contribution in [0.3, 0.4) is 0 Å². The second-order valence-corrected chi connectivity index (χ2v) is 8.29. The molecule has 142 valence electrons. The fraction of sp³-hybridized carbons (Fsp3) is 0.389. The molecule has 0 amide bonds. The number of ether oxygens (including phenoxy) is 2. The monoisotopic (exact) mass is 398 g/mol. The van der Waals surface area contributed by atoms with Crippen LogP contribution in [0.1, 0.15) is 25.3 Å². The summed E-state index contributed by atoms with van der Waals surface area (Å²) < 4.78 is 38.2. The van der Waals surface area contributed by atoms with Gasteiger partial charge >= 0.3 is 0 Å². The number of sulfonamides is 1. The number of aromatic nitrogens is 1. The molecule has 26 heavy (non-hydrogen) atoms. The Balaban J connectivity index is 2.22. The minimum atomic E-state index is -3.67. The van der Waals surface area contributed by atoms with Gasteiger partial charge in [0.15, 0.2) is 11.5 Å². The minimum absolute atomic E-state index is 0.0372. The molecule has 6 nitrogen and oxygen atoms in total. The van der Waals surface area contributed by atoms with E-state index in [0.717, 1.165) is 5.56 Å². The number of benzene rings is 1. The second kappa shape index (κ2) is 8.70. The number of methoxy groups -OCH3 is 2. The van der Waals surface area contributed by atoms with Crippen LogP contribution in [-0.4, -0.2) is 34.2 Å². The summed E-state index contributed by atoms with van der Waals surface area (Å²) in [6.07, 6.45) is 1.24. The Kier molecular flexibility index (Phi) is 6.86. The van der Waals surface area contributed by atoms with Gasteiger partial charge in [-0.2, -0.15) is 0 Å². The summed E-state index contributed by atoms with van der Waals surface area (Å²) in [5.41, 5.74) is 0.967. The smallest absolute Gasteiger partial charge is 0.242 e. The molecule has 0 aliphatic heterocycles. The van der Waals surface area contributed by atoms with E-state index in [1.165, 1.54) is 18.3 Å². The molecule has 8 heteroatoms. The van der Waals surface area contributed by atoms with Crippen molar-refractivity contribution in [3.05, 3.63) is 47.2 Å². The predicted molar refractivity (Wildman–Crippen MR) is 102 cm³/mol. The molecule has 0 fully saturated rings. The molecule has 1 aromatic carbocycles. The molecule has 0 aliphatic rings. The summed E-state index contributed by atoms with van der Waals surface area (Å²) in [7, 11) is -0.522. The number of halogens is 1. The van der Waals surface area contributed by atoms with Crippen LogP contribution in [0.15, 0.2) is 41.4 Å². The summed E-state index contributed by atoms with van der Waals surface area (Å²) in [4.78, 5) is 3.90. The first-order valence-corrected chi connectivity index (χ1v) is 9.97. The Morgan fingerprint density at radius 2 is 1.81 bits per heavy atom. The van der Waals surface area contributed by atoms with E-state index in [4.69, 9.17) is 21.1 Å². The van der Waals surface area contributed by atoms with Gasteiger partial charge in [0.2, 0.25) is 10.0 Å². The summed E-state index contributed by atoms with van der Waals surface area (Å²) in [6.45, 7) is 4.33. The van der Waals surface area contributed by atoms with Crippen molar-refractivity contribution < 1.29 is 17.9 Å². The third kappa shape index (κ3) is 4.87. The summed E-state index contributed by atoms with van der Waals surface area (Å²) >= 11 is 5.72. The van der Waals surface area contributed by atoms with Gasteiger partial charge in [-0.1, -0.05) is 31.5 Å². The van der Waals surface area contributed by atoms with E-state index in [2.05, 4.69) is 9.71 Å². The van der Waals surface area contributed by atoms with Crippen LogP contribution >= 0.6 is 11.6 Å². The minimum Gasteiger partial charge on any atom is -0.493 e. The van der Waals surface area contributed by atoms with E-state index in [1.807, 2.05) is 32.0 Å². The highest BCUT2D eigenvalue weighted by Gasteiger charge is 2.22. The Morgan fingerprint density at radius 3 is 2.35 bits per heavy atom. The van der Waals surface area contributed by atoms with Crippen molar-refractivity contribution in [1.82, 2.24) is 9.71 Å². The highest BCUT2D eigenvalue weighted by atomic mass is 35.5. The molecule has 0 radical (unpaired) electrons. The van der Waals surface area contributed by atoms with Crippen molar-refractivity contribution >= 4 is 21.6 Å². The Labute approximate surface area is 159 Å². The molecule has 0 saturated heterocycles. The lowest BCUT2D eigenvalue weighted by Crippen LogP contribution is -2.30. The maximum Gasteiger partial charge on any atom is 0.242 e. The number of hydrogen-bond donors (Lipinski definition) is 1. The van der Waals surface area contributed by atoms with E-state index in [0.29, 0.717) is 11.5 Å². The van der Waals surface area contributed by atoms with Crippen LogP contribution in [0.2, 0.25) is 5.15 Å². The number of rotatable bonds is 8. The molecular weight excluding hydrogens is 376 g/mol. The van der Waals surface area contributed by atoms with Gasteiger partial charge in [-0.15, -0.1) is 0 Å². The summed E-state index contributed by atoms with van der Waals surface area (Å²) in [6, 6.07) is 8.50. The van der Waals surface area contributed by atoms with Crippen LogP contribution in [0.4, 0.5) is 0 Å². The maximum atomic E-state index is 12.5. The van der Waals surface area contributed by atoms with E-state index < -0.39 is 10.0 Å². The van der Waals surface area contributed by atoms with Crippen molar-refractivity contribution in [2.45, 2.75) is 24.7 Å². The van der Waals surface area contributed by atoms with Gasteiger partial charge in [-0.3, -0.25) is 0 Å². The zero-order valence-corrected chi connectivity index (χ0v) is 16.8. The topological polar surface area (TPSA) is 77.5 Å². The maximum absolute atomic E-state index is 12.5. The first-order chi connectivity index (χ1) is 12.3. The average Bonchev–Trinajstić information content (AvgIpc) is 2.61. The second-order valence-electron chi connectivity index (χ2n) is 6.13. The van der Waals surface area contributed by atoms with Crippen LogP contribution in [0.25, 0.3) is 0 Å². The Bertz CT molecular complexity index is 839. The number of pyridine rings is 1. The van der Waals surface area contributed by atoms with Gasteiger partial charge in [0, 0.05) is 12.7 Å². The van der Waals surface area contributed by atoms with Crippen molar-refractivity contribution in [3.8, 4) is 11.5 Å². The van der Waals surface area contributed by atoms with Gasteiger partial charge < -0.3 is 9.47 Å². The molecule has 2 rings (SSSR count). The first kappa shape index (κ1) is 20.5. The molecule has 1 atom stereocenters. The van der Waals surface area contributed by atoms with Crippen molar-refractivity contribution in [3.63, 3.8) is 0 Å². The summed E-state index contributed by atoms with van der Waals surface area (Å²) in [5.74, 6) is 1.41. The van der Waals surface area contributed by atoms with E-state index in [-0.39, 0.29) is 28.4 Å². The lowest BCUT2D eigenvalue weighted by molar-refractivity contribution is 0.353. The molecular formula is C18H23ClN2O4S. The van der Waals surface area contributed by atoms with Crippen molar-refractivity contribution in [2.75, 3.05) is 20.8 Å². The van der Waals surface area contributed by atoms with E-state index >= 15 is 0 Å². The highest BCUT2D eigenvalue weighted by molar-refractivity contribution is 7.89. The third-order valence-electron chi connectivity index (χ3n) is 4.14. The molecule has 1 unspecified atom stereocenters. The lowest BCUT2D eigenvalue weighted by Gasteiger charge is -2.23. The number of nitrogens with zero attached hydrogens (tertiary/aromatic N) is 1. The standard InChI is InChI=1S/C18H23ClN2O4S/c1-12(2)15(13-5-7-16(24-3)17(9-13)25-4)11-21-26(22,23)14-6-8-18(19)20-10-14/h5-10,12,15,21H,11H2,1-4H3. The van der Waals surface area contributed by atoms with Gasteiger partial charge in [-0.25, -0.2) is 18.1 Å². The predicted octanol–water partition coefficient (Wildman–Crippen LogP) is 3.47. The molecule has 0 bridgehead atoms. The van der Waals surface area contributed by atoms with E-state index in [1.54, 1.807) is 14.2 Å². The zero-order valence-electron chi connectivity index (χ0n) is 15.2. The van der Waals surface area contributed by atoms with Crippen LogP contribution in [0.5, 0.6) is 11.5 Å². The quantitative estimate of drug-likeness (QED) is 0.689. The first-order valence-electron chi connectivity index (χ1n) is 8.11. The SMILES string of the molecule is COc1ccc(C(CNS(=O)(=O)c2ccc(Cl)nc2)C(C)C)cc1OC. The molecule has 1 N–H and O–H groups in total. The van der Waals surface area contributed by atoms with Crippen LogP contribution in [-0.2, 0) is 10.0 Å². The van der Waals surface area contributed by atoms with Gasteiger partial charge in [0.05, 0.1) is 14.2 Å². The largest absolute Gasteiger partial charge is 0.493 e. The average molecular weight is 399 g/mol. The van der Waals surface area contributed by atoms with Crippen molar-refractivity contribution in [2.24, 2.45) is 5.92 Å². The molecule has 1 aromatic heterocycles. The molecule has 0 saturated carbocycles. The lowest BCUT2D eigenvalue weighted by atomic mass is 9.88. The third-order valence-corrected chi connectivity index (χ3v) is 5.78. The van der Waals surface area contributed by atoms with Gasteiger partial charge in [0.1, 0.15) is 10.0 Å². The van der Waals surface area contributed by atoms with Crippen molar-refractivity contribution in [1.29, 1.82) is 0 Å². The van der Waals surface area contributed by atoms with Gasteiger partial charge in [-0.05, 0) is 41.7 Å². The highest BCUT2D eigenvalue weighted by Crippen LogP contribution is 2.33. The molecule has 2 aromatic rings. The molecule has 0 aliphatic carbocycles. The van der Waals surface area contributed by atoms with Gasteiger partial charge in [0.25, 0.3) is 0 Å². The number of hydrogen-bond acceptors (Lipinski definition) is 5. The Morgan fingerprint density at radius 1 is 1.12 bits per heavy atom. The molecule has 1 heterocycles. The van der Waals surface area contributed by atoms with E-state index in [9.17, 15) is 8.42 Å². The van der Waals surface area contributed by atoms with Crippen LogP contribution in [0, 0.1) is 5.92 Å².